The predicted octanol–water partition coefficient (Wildman–Crippen LogP) is 7.28. The van der Waals surface area contributed by atoms with E-state index in [0.29, 0.717) is 34.5 Å². The average molecular weight is 443 g/mol. The van der Waals surface area contributed by atoms with E-state index in [-0.39, 0.29) is 11.2 Å². The molecule has 32 heavy (non-hydrogen) atoms. The van der Waals surface area contributed by atoms with Crippen molar-refractivity contribution in [3.05, 3.63) is 0 Å². The SMILES string of the molecule is CC(C)[C@@H]1CC[C@]2(C)CC[C@]3(C)[C@H](CC[C@@H]4[C@@]5(C)CC(O)C(=O)C(C)(C)[C@@H]5CC[C@]43C)[C@@H]12. The molecule has 0 aromatic carbocycles. The lowest BCUT2D eigenvalue weighted by Crippen LogP contribution is -2.67. The van der Waals surface area contributed by atoms with Gasteiger partial charge < -0.3 is 5.11 Å². The summed E-state index contributed by atoms with van der Waals surface area (Å²) in [5, 5.41) is 10.9. The molecule has 182 valence electrons. The molecule has 0 aromatic heterocycles. The number of hydrogen-bond donors (Lipinski definition) is 1. The Bertz CT molecular complexity index is 799. The van der Waals surface area contributed by atoms with Crippen molar-refractivity contribution in [1.82, 2.24) is 0 Å². The van der Waals surface area contributed by atoms with E-state index in [9.17, 15) is 9.90 Å². The van der Waals surface area contributed by atoms with Crippen LogP contribution in [-0.2, 0) is 4.79 Å². The van der Waals surface area contributed by atoms with Gasteiger partial charge in [0.2, 0.25) is 0 Å². The number of fused-ring (bicyclic) bond motifs is 7. The molecule has 0 amide bonds. The molecular formula is C30H50O2. The van der Waals surface area contributed by atoms with Crippen molar-refractivity contribution in [3.63, 3.8) is 0 Å². The summed E-state index contributed by atoms with van der Waals surface area (Å²) >= 11 is 0. The third kappa shape index (κ3) is 2.66. The first kappa shape index (κ1) is 23.4. The van der Waals surface area contributed by atoms with E-state index in [1.54, 1.807) is 0 Å². The van der Waals surface area contributed by atoms with Crippen LogP contribution in [0.3, 0.4) is 0 Å². The van der Waals surface area contributed by atoms with Gasteiger partial charge in [0.25, 0.3) is 0 Å². The highest BCUT2D eigenvalue weighted by Gasteiger charge is 2.71. The molecule has 0 radical (unpaired) electrons. The van der Waals surface area contributed by atoms with Crippen molar-refractivity contribution in [1.29, 1.82) is 0 Å². The van der Waals surface area contributed by atoms with Crippen LogP contribution in [0.15, 0.2) is 0 Å². The normalized spacial score (nSPS) is 56.9. The Balaban J connectivity index is 1.55. The zero-order valence-electron chi connectivity index (χ0n) is 22.3. The highest BCUT2D eigenvalue weighted by molar-refractivity contribution is 5.89. The molecule has 5 fully saturated rings. The van der Waals surface area contributed by atoms with Gasteiger partial charge >= 0.3 is 0 Å². The van der Waals surface area contributed by atoms with Crippen LogP contribution in [-0.4, -0.2) is 17.0 Å². The van der Waals surface area contributed by atoms with Crippen LogP contribution in [0.5, 0.6) is 0 Å². The largest absolute Gasteiger partial charge is 0.385 e. The Kier molecular flexibility index (Phi) is 5.01. The first-order valence-corrected chi connectivity index (χ1v) is 13.9. The minimum absolute atomic E-state index is 0.0751. The fourth-order valence-electron chi connectivity index (χ4n) is 11.7. The summed E-state index contributed by atoms with van der Waals surface area (Å²) in [4.78, 5) is 13.0. The molecule has 2 nitrogen and oxygen atoms in total. The minimum atomic E-state index is -0.770. The summed E-state index contributed by atoms with van der Waals surface area (Å²) in [7, 11) is 0. The number of aliphatic hydroxyl groups excluding tert-OH is 1. The quantitative estimate of drug-likeness (QED) is 0.463. The number of aliphatic hydroxyl groups is 1. The lowest BCUT2D eigenvalue weighted by molar-refractivity contribution is -0.241. The van der Waals surface area contributed by atoms with E-state index in [1.165, 1.54) is 44.9 Å². The molecule has 0 aliphatic heterocycles. The maximum atomic E-state index is 13.0. The number of carbonyl (C=O) groups is 1. The van der Waals surface area contributed by atoms with Crippen molar-refractivity contribution in [2.45, 2.75) is 119 Å². The molecule has 5 aliphatic carbocycles. The number of carbonyl (C=O) groups excluding carboxylic acids is 1. The molecule has 0 saturated heterocycles. The highest BCUT2D eigenvalue weighted by Crippen LogP contribution is 2.77. The van der Waals surface area contributed by atoms with Crippen molar-refractivity contribution in [2.75, 3.05) is 0 Å². The molecule has 0 heterocycles. The van der Waals surface area contributed by atoms with Crippen LogP contribution < -0.4 is 0 Å². The zero-order valence-corrected chi connectivity index (χ0v) is 22.3. The molecular weight excluding hydrogens is 392 g/mol. The molecule has 10 atom stereocenters. The second-order valence-corrected chi connectivity index (χ2v) is 15.1. The van der Waals surface area contributed by atoms with Gasteiger partial charge in [-0.15, -0.1) is 0 Å². The first-order chi connectivity index (χ1) is 14.7. The predicted molar refractivity (Wildman–Crippen MR) is 131 cm³/mol. The Labute approximate surface area is 197 Å². The third-order valence-corrected chi connectivity index (χ3v) is 13.5. The maximum Gasteiger partial charge on any atom is 0.167 e. The summed E-state index contributed by atoms with van der Waals surface area (Å²) in [5.41, 5.74) is 0.945. The van der Waals surface area contributed by atoms with Gasteiger partial charge in [0.15, 0.2) is 5.78 Å². The van der Waals surface area contributed by atoms with E-state index in [1.807, 2.05) is 0 Å². The van der Waals surface area contributed by atoms with E-state index in [2.05, 4.69) is 55.4 Å². The van der Waals surface area contributed by atoms with E-state index in [4.69, 9.17) is 0 Å². The summed E-state index contributed by atoms with van der Waals surface area (Å²) in [6, 6.07) is 0. The van der Waals surface area contributed by atoms with Gasteiger partial charge in [0, 0.05) is 5.41 Å². The summed E-state index contributed by atoms with van der Waals surface area (Å²) < 4.78 is 0. The summed E-state index contributed by atoms with van der Waals surface area (Å²) in [5.74, 6) is 4.56. The number of rotatable bonds is 1. The number of ketones is 1. The van der Waals surface area contributed by atoms with Crippen LogP contribution >= 0.6 is 0 Å². The van der Waals surface area contributed by atoms with Gasteiger partial charge in [0.05, 0.1) is 0 Å². The average Bonchev–Trinajstić information content (AvgIpc) is 3.05. The molecule has 5 rings (SSSR count). The number of Topliss-reactive ketones (excluding diaryl/α,β-unsaturated/α-hetero) is 1. The Morgan fingerprint density at radius 2 is 1.50 bits per heavy atom. The zero-order chi connectivity index (χ0) is 23.5. The lowest BCUT2D eigenvalue weighted by atomic mass is 9.32. The smallest absolute Gasteiger partial charge is 0.167 e. The van der Waals surface area contributed by atoms with Crippen LogP contribution in [0.1, 0.15) is 113 Å². The van der Waals surface area contributed by atoms with Gasteiger partial charge in [-0.05, 0) is 115 Å². The van der Waals surface area contributed by atoms with Crippen molar-refractivity contribution in [2.24, 2.45) is 62.6 Å². The molecule has 5 saturated carbocycles. The van der Waals surface area contributed by atoms with E-state index >= 15 is 0 Å². The second kappa shape index (κ2) is 6.86. The summed E-state index contributed by atoms with van der Waals surface area (Å²) in [6.45, 7) is 19.7. The molecule has 1 unspecified atom stereocenters. The highest BCUT2D eigenvalue weighted by atomic mass is 16.3. The van der Waals surface area contributed by atoms with Crippen LogP contribution in [0, 0.1) is 62.6 Å². The molecule has 0 spiro atoms. The molecule has 0 aromatic rings. The molecule has 1 N–H and O–H groups in total. The number of hydrogen-bond acceptors (Lipinski definition) is 2. The van der Waals surface area contributed by atoms with Crippen LogP contribution in [0.25, 0.3) is 0 Å². The first-order valence-electron chi connectivity index (χ1n) is 13.9. The summed E-state index contributed by atoms with van der Waals surface area (Å²) in [6.07, 6.45) is 10.7. The Hall–Kier alpha value is -0.370. The Morgan fingerprint density at radius 3 is 2.16 bits per heavy atom. The van der Waals surface area contributed by atoms with Gasteiger partial charge in [-0.2, -0.15) is 0 Å². The fraction of sp³-hybridized carbons (Fsp3) is 0.967. The molecule has 2 heteroatoms. The van der Waals surface area contributed by atoms with Crippen LogP contribution in [0.4, 0.5) is 0 Å². The van der Waals surface area contributed by atoms with Crippen molar-refractivity contribution >= 4 is 5.78 Å². The molecule has 5 aliphatic rings. The second-order valence-electron chi connectivity index (χ2n) is 15.1. The maximum absolute atomic E-state index is 13.0. The van der Waals surface area contributed by atoms with Gasteiger partial charge in [-0.25, -0.2) is 0 Å². The van der Waals surface area contributed by atoms with E-state index in [0.717, 1.165) is 30.1 Å². The van der Waals surface area contributed by atoms with Crippen LogP contribution in [0.2, 0.25) is 0 Å². The van der Waals surface area contributed by atoms with Crippen molar-refractivity contribution < 1.29 is 9.90 Å². The monoisotopic (exact) mass is 442 g/mol. The van der Waals surface area contributed by atoms with Gasteiger partial charge in [-0.3, -0.25) is 4.79 Å². The molecule has 0 bridgehead atoms. The third-order valence-electron chi connectivity index (χ3n) is 13.5. The van der Waals surface area contributed by atoms with Crippen molar-refractivity contribution in [3.8, 4) is 0 Å². The lowest BCUT2D eigenvalue weighted by Gasteiger charge is -2.72. The van der Waals surface area contributed by atoms with E-state index < -0.39 is 11.5 Å². The van der Waals surface area contributed by atoms with Gasteiger partial charge in [0.1, 0.15) is 6.10 Å². The fourth-order valence-corrected chi connectivity index (χ4v) is 11.7. The topological polar surface area (TPSA) is 37.3 Å². The van der Waals surface area contributed by atoms with Gasteiger partial charge in [-0.1, -0.05) is 55.4 Å². The standard InChI is InChI=1S/C30H50O2/c1-18(2)19-11-13-27(5)15-16-29(7)20(24(19)27)9-10-23-28(6)17-21(31)25(32)26(3,4)22(28)12-14-30(23,29)8/h18-24,31H,9-17H2,1-8H3/t19-,20+,21?,22-,23+,24+,27+,28-,29+,30+/m0/s1. The minimum Gasteiger partial charge on any atom is -0.385 e. The Morgan fingerprint density at radius 1 is 0.812 bits per heavy atom.